The summed E-state index contributed by atoms with van der Waals surface area (Å²) in [6.45, 7) is 1.15. The summed E-state index contributed by atoms with van der Waals surface area (Å²) in [5, 5.41) is 19.5. The second-order valence-electron chi connectivity index (χ2n) is 7.40. The van der Waals surface area contributed by atoms with Crippen LogP contribution in [0.2, 0.25) is 5.02 Å². The lowest BCUT2D eigenvalue weighted by molar-refractivity contribution is -0.274. The number of aromatic nitrogens is 1. The molecule has 0 aliphatic rings. The Labute approximate surface area is 191 Å². The summed E-state index contributed by atoms with van der Waals surface area (Å²) in [4.78, 5) is 11.6. The molecule has 0 radical (unpaired) electrons. The monoisotopic (exact) mass is 480 g/mol. The van der Waals surface area contributed by atoms with Gasteiger partial charge in [0.05, 0.1) is 11.6 Å². The van der Waals surface area contributed by atoms with Gasteiger partial charge in [0.2, 0.25) is 5.56 Å². The van der Waals surface area contributed by atoms with Crippen molar-refractivity contribution in [3.8, 4) is 17.6 Å². The molecule has 0 saturated heterocycles. The number of rotatable bonds is 5. The van der Waals surface area contributed by atoms with Gasteiger partial charge in [0.1, 0.15) is 5.75 Å². The molecule has 1 aromatic heterocycles. The molecule has 2 atom stereocenters. The lowest BCUT2D eigenvalue weighted by atomic mass is 9.78. The summed E-state index contributed by atoms with van der Waals surface area (Å²) < 4.78 is 62.7. The first-order valence-corrected chi connectivity index (χ1v) is 9.89. The molecular formula is C23H17ClF4N2O3. The summed E-state index contributed by atoms with van der Waals surface area (Å²) in [5.74, 6) is -2.55. The van der Waals surface area contributed by atoms with E-state index < -0.39 is 34.6 Å². The quantitative estimate of drug-likeness (QED) is 0.496. The van der Waals surface area contributed by atoms with Gasteiger partial charge in [0, 0.05) is 35.8 Å². The number of halogens is 5. The van der Waals surface area contributed by atoms with E-state index in [-0.39, 0.29) is 27.6 Å². The average Bonchev–Trinajstić information content (AvgIpc) is 2.75. The van der Waals surface area contributed by atoms with Crippen molar-refractivity contribution >= 4 is 11.6 Å². The third-order valence-corrected chi connectivity index (χ3v) is 5.64. The molecule has 0 aliphatic heterocycles. The minimum atomic E-state index is -5.10. The van der Waals surface area contributed by atoms with Crippen molar-refractivity contribution in [3.05, 3.63) is 92.6 Å². The summed E-state index contributed by atoms with van der Waals surface area (Å²) in [5.41, 5.74) is -4.37. The van der Waals surface area contributed by atoms with Crippen LogP contribution in [0.15, 0.2) is 59.5 Å². The standard InChI is InChI=1S/C23H17ClF4N2O3/c1-13(22(32,23(26,27)28)15-4-8-21(31)30(2)12-15)17-6-5-16(10-18(17)24)33-20-7-3-14(11-29)9-19(20)25/h3-10,12-13,32H,1-2H3. The fraction of sp³-hybridized carbons (Fsp3) is 0.217. The van der Waals surface area contributed by atoms with Crippen molar-refractivity contribution in [2.45, 2.75) is 24.6 Å². The molecule has 0 fully saturated rings. The summed E-state index contributed by atoms with van der Waals surface area (Å²) in [7, 11) is 1.27. The highest BCUT2D eigenvalue weighted by Crippen LogP contribution is 2.49. The van der Waals surface area contributed by atoms with Crippen molar-refractivity contribution in [2.75, 3.05) is 0 Å². The number of nitrogens with zero attached hydrogens (tertiary/aromatic N) is 2. The predicted octanol–water partition coefficient (Wildman–Crippen LogP) is 5.40. The van der Waals surface area contributed by atoms with Crippen molar-refractivity contribution in [1.29, 1.82) is 5.26 Å². The third kappa shape index (κ3) is 4.58. The van der Waals surface area contributed by atoms with E-state index >= 15 is 0 Å². The number of nitriles is 1. The topological polar surface area (TPSA) is 75.2 Å². The van der Waals surface area contributed by atoms with Gasteiger partial charge in [-0.2, -0.15) is 18.4 Å². The van der Waals surface area contributed by atoms with Crippen LogP contribution in [-0.2, 0) is 12.6 Å². The Balaban J connectivity index is 2.00. The number of pyridine rings is 1. The molecule has 5 nitrogen and oxygen atoms in total. The van der Waals surface area contributed by atoms with E-state index in [1.807, 2.05) is 0 Å². The van der Waals surface area contributed by atoms with Gasteiger partial charge in [-0.1, -0.05) is 24.6 Å². The van der Waals surface area contributed by atoms with E-state index in [2.05, 4.69) is 0 Å². The number of benzene rings is 2. The van der Waals surface area contributed by atoms with Gasteiger partial charge in [-0.15, -0.1) is 0 Å². The van der Waals surface area contributed by atoms with Gasteiger partial charge in [0.25, 0.3) is 0 Å². The van der Waals surface area contributed by atoms with E-state index in [4.69, 9.17) is 21.6 Å². The molecule has 172 valence electrons. The Bertz CT molecular complexity index is 1300. The maximum absolute atomic E-state index is 14.1. The molecule has 33 heavy (non-hydrogen) atoms. The van der Waals surface area contributed by atoms with Crippen LogP contribution < -0.4 is 10.3 Å². The first kappa shape index (κ1) is 24.3. The molecule has 3 rings (SSSR count). The van der Waals surface area contributed by atoms with Gasteiger partial charge in [-0.25, -0.2) is 4.39 Å². The molecule has 0 bridgehead atoms. The summed E-state index contributed by atoms with van der Waals surface area (Å²) >= 11 is 6.23. The van der Waals surface area contributed by atoms with Gasteiger partial charge < -0.3 is 14.4 Å². The minimum absolute atomic E-state index is 0.0391. The highest BCUT2D eigenvalue weighted by molar-refractivity contribution is 6.31. The zero-order valence-electron chi connectivity index (χ0n) is 17.3. The first-order chi connectivity index (χ1) is 15.4. The van der Waals surface area contributed by atoms with Crippen LogP contribution in [0.1, 0.15) is 29.5 Å². The molecule has 2 aromatic carbocycles. The number of alkyl halides is 3. The SMILES string of the molecule is CC(c1ccc(Oc2ccc(C#N)cc2F)cc1Cl)C(O)(c1ccc(=O)n(C)c1)C(F)(F)F. The van der Waals surface area contributed by atoms with Gasteiger partial charge in [0.15, 0.2) is 17.2 Å². The molecule has 0 spiro atoms. The lowest BCUT2D eigenvalue weighted by Crippen LogP contribution is -2.47. The number of hydrogen-bond donors (Lipinski definition) is 1. The molecule has 0 saturated carbocycles. The average molecular weight is 481 g/mol. The number of ether oxygens (including phenoxy) is 1. The van der Waals surface area contributed by atoms with Crippen LogP contribution in [0.5, 0.6) is 11.5 Å². The molecule has 0 aliphatic carbocycles. The molecule has 10 heteroatoms. The van der Waals surface area contributed by atoms with Crippen LogP contribution in [0.3, 0.4) is 0 Å². The maximum atomic E-state index is 14.1. The molecule has 1 N–H and O–H groups in total. The van der Waals surface area contributed by atoms with Gasteiger partial charge >= 0.3 is 6.18 Å². The van der Waals surface area contributed by atoms with Crippen LogP contribution in [-0.4, -0.2) is 15.8 Å². The van der Waals surface area contributed by atoms with E-state index in [0.29, 0.717) is 0 Å². The third-order valence-electron chi connectivity index (χ3n) is 5.31. The van der Waals surface area contributed by atoms with Crippen LogP contribution >= 0.6 is 11.6 Å². The second kappa shape index (κ2) is 8.89. The fourth-order valence-corrected chi connectivity index (χ4v) is 3.74. The Morgan fingerprint density at radius 3 is 2.39 bits per heavy atom. The van der Waals surface area contributed by atoms with Crippen LogP contribution in [0.25, 0.3) is 0 Å². The smallest absolute Gasteiger partial charge is 0.422 e. The van der Waals surface area contributed by atoms with Crippen molar-refractivity contribution < 1.29 is 27.4 Å². The zero-order valence-corrected chi connectivity index (χ0v) is 18.1. The van der Waals surface area contributed by atoms with Gasteiger partial charge in [-0.3, -0.25) is 4.79 Å². The summed E-state index contributed by atoms with van der Waals surface area (Å²) in [6.07, 6.45) is -4.18. The number of hydrogen-bond acceptors (Lipinski definition) is 4. The molecule has 3 aromatic rings. The Morgan fingerprint density at radius 2 is 1.85 bits per heavy atom. The Morgan fingerprint density at radius 1 is 1.15 bits per heavy atom. The minimum Gasteiger partial charge on any atom is -0.454 e. The number of aryl methyl sites for hydroxylation is 1. The van der Waals surface area contributed by atoms with E-state index in [1.165, 1.54) is 37.4 Å². The van der Waals surface area contributed by atoms with Crippen LogP contribution in [0, 0.1) is 17.1 Å². The van der Waals surface area contributed by atoms with Crippen molar-refractivity contribution in [3.63, 3.8) is 0 Å². The zero-order chi connectivity index (χ0) is 24.6. The number of aliphatic hydroxyl groups is 1. The van der Waals surface area contributed by atoms with Crippen LogP contribution in [0.4, 0.5) is 17.6 Å². The predicted molar refractivity (Wildman–Crippen MR) is 113 cm³/mol. The van der Waals surface area contributed by atoms with E-state index in [0.717, 1.165) is 35.9 Å². The Kier molecular flexibility index (Phi) is 6.54. The molecule has 2 unspecified atom stereocenters. The molecule has 1 heterocycles. The first-order valence-electron chi connectivity index (χ1n) is 9.51. The Hall–Kier alpha value is -3.35. The second-order valence-corrected chi connectivity index (χ2v) is 7.80. The molecule has 0 amide bonds. The molecular weight excluding hydrogens is 464 g/mol. The highest BCUT2D eigenvalue weighted by Gasteiger charge is 2.59. The lowest BCUT2D eigenvalue weighted by Gasteiger charge is -2.37. The van der Waals surface area contributed by atoms with Gasteiger partial charge in [-0.05, 0) is 42.0 Å². The van der Waals surface area contributed by atoms with E-state index in [9.17, 15) is 27.5 Å². The van der Waals surface area contributed by atoms with E-state index in [1.54, 1.807) is 6.07 Å². The van der Waals surface area contributed by atoms with Crippen molar-refractivity contribution in [2.24, 2.45) is 7.05 Å². The largest absolute Gasteiger partial charge is 0.454 e. The highest BCUT2D eigenvalue weighted by atomic mass is 35.5. The maximum Gasteiger partial charge on any atom is 0.422 e. The van der Waals surface area contributed by atoms with Crippen molar-refractivity contribution in [1.82, 2.24) is 4.57 Å². The normalized spacial score (nSPS) is 14.3. The summed E-state index contributed by atoms with van der Waals surface area (Å²) in [6, 6.07) is 10.9. The fourth-order valence-electron chi connectivity index (χ4n) is 3.41.